The summed E-state index contributed by atoms with van der Waals surface area (Å²) in [5, 5.41) is 3.13. The summed E-state index contributed by atoms with van der Waals surface area (Å²) in [5.74, 6) is 0.0612. The Balaban J connectivity index is 0.00000144. The zero-order chi connectivity index (χ0) is 11.4. The number of benzene rings is 1. The molecule has 2 rings (SSSR count). The van der Waals surface area contributed by atoms with Crippen molar-refractivity contribution in [2.24, 2.45) is 5.73 Å². The van der Waals surface area contributed by atoms with Crippen LogP contribution in [0.4, 0.5) is 0 Å². The van der Waals surface area contributed by atoms with Crippen molar-refractivity contribution in [1.82, 2.24) is 5.32 Å². The SMILES string of the molecule is Cl.NCCC(=O)NC1(c2ccccc2)CCC1. The van der Waals surface area contributed by atoms with Gasteiger partial charge in [0, 0.05) is 13.0 Å². The van der Waals surface area contributed by atoms with Crippen LogP contribution in [0, 0.1) is 0 Å². The highest BCUT2D eigenvalue weighted by Crippen LogP contribution is 2.41. The molecule has 0 atom stereocenters. The van der Waals surface area contributed by atoms with Gasteiger partial charge in [0.25, 0.3) is 0 Å². The van der Waals surface area contributed by atoms with E-state index in [1.807, 2.05) is 18.2 Å². The number of halogens is 1. The molecule has 1 saturated carbocycles. The Morgan fingerprint density at radius 3 is 2.41 bits per heavy atom. The molecule has 17 heavy (non-hydrogen) atoms. The number of hydrogen-bond donors (Lipinski definition) is 2. The van der Waals surface area contributed by atoms with Crippen molar-refractivity contribution < 1.29 is 4.79 Å². The van der Waals surface area contributed by atoms with Crippen molar-refractivity contribution in [2.75, 3.05) is 6.54 Å². The van der Waals surface area contributed by atoms with Crippen LogP contribution in [0.2, 0.25) is 0 Å². The van der Waals surface area contributed by atoms with Gasteiger partial charge in [0.05, 0.1) is 5.54 Å². The van der Waals surface area contributed by atoms with Gasteiger partial charge in [0.2, 0.25) is 5.91 Å². The van der Waals surface area contributed by atoms with Crippen LogP contribution in [0.25, 0.3) is 0 Å². The van der Waals surface area contributed by atoms with Gasteiger partial charge in [-0.3, -0.25) is 4.79 Å². The second-order valence-electron chi connectivity index (χ2n) is 4.39. The monoisotopic (exact) mass is 254 g/mol. The highest BCUT2D eigenvalue weighted by Gasteiger charge is 2.39. The summed E-state index contributed by atoms with van der Waals surface area (Å²) in [7, 11) is 0. The molecule has 0 aliphatic heterocycles. The van der Waals surface area contributed by atoms with E-state index in [0.29, 0.717) is 13.0 Å². The molecule has 1 aliphatic carbocycles. The number of nitrogens with two attached hydrogens (primary N) is 1. The zero-order valence-electron chi connectivity index (χ0n) is 9.82. The van der Waals surface area contributed by atoms with Gasteiger partial charge in [0.1, 0.15) is 0 Å². The van der Waals surface area contributed by atoms with E-state index in [4.69, 9.17) is 5.73 Å². The normalized spacial score (nSPS) is 16.5. The number of hydrogen-bond acceptors (Lipinski definition) is 2. The minimum atomic E-state index is -0.118. The molecule has 1 amide bonds. The lowest BCUT2D eigenvalue weighted by molar-refractivity contribution is -0.124. The second-order valence-corrected chi connectivity index (χ2v) is 4.39. The first-order chi connectivity index (χ1) is 7.77. The van der Waals surface area contributed by atoms with Crippen molar-refractivity contribution >= 4 is 18.3 Å². The molecule has 0 radical (unpaired) electrons. The van der Waals surface area contributed by atoms with E-state index in [0.717, 1.165) is 12.8 Å². The molecular formula is C13H19ClN2O. The van der Waals surface area contributed by atoms with Gasteiger partial charge in [-0.05, 0) is 24.8 Å². The van der Waals surface area contributed by atoms with Crippen LogP contribution in [0.3, 0.4) is 0 Å². The molecule has 0 unspecified atom stereocenters. The number of rotatable bonds is 4. The quantitative estimate of drug-likeness (QED) is 0.863. The Hall–Kier alpha value is -1.06. The third kappa shape index (κ3) is 2.99. The average Bonchev–Trinajstić information content (AvgIpc) is 2.25. The molecule has 0 heterocycles. The number of nitrogens with one attached hydrogen (secondary N) is 1. The van der Waals surface area contributed by atoms with Crippen molar-refractivity contribution in [3.05, 3.63) is 35.9 Å². The van der Waals surface area contributed by atoms with Crippen LogP contribution in [0.5, 0.6) is 0 Å². The molecule has 1 aromatic carbocycles. The maximum atomic E-state index is 11.6. The highest BCUT2D eigenvalue weighted by molar-refractivity contribution is 5.85. The Morgan fingerprint density at radius 2 is 1.94 bits per heavy atom. The number of carbonyl (C=O) groups excluding carboxylic acids is 1. The van der Waals surface area contributed by atoms with Gasteiger partial charge in [-0.1, -0.05) is 30.3 Å². The minimum absolute atomic E-state index is 0. The van der Waals surface area contributed by atoms with E-state index in [1.165, 1.54) is 12.0 Å². The van der Waals surface area contributed by atoms with E-state index >= 15 is 0 Å². The van der Waals surface area contributed by atoms with Crippen LogP contribution >= 0.6 is 12.4 Å². The molecule has 94 valence electrons. The lowest BCUT2D eigenvalue weighted by Crippen LogP contribution is -2.51. The van der Waals surface area contributed by atoms with Gasteiger partial charge in [-0.15, -0.1) is 12.4 Å². The summed E-state index contributed by atoms with van der Waals surface area (Å²) in [5.41, 5.74) is 6.48. The third-order valence-corrected chi connectivity index (χ3v) is 3.28. The first-order valence-electron chi connectivity index (χ1n) is 5.83. The summed E-state index contributed by atoms with van der Waals surface area (Å²) < 4.78 is 0. The molecule has 0 bridgehead atoms. The molecule has 0 saturated heterocycles. The van der Waals surface area contributed by atoms with Crippen molar-refractivity contribution in [3.8, 4) is 0 Å². The number of carbonyl (C=O) groups is 1. The summed E-state index contributed by atoms with van der Waals surface area (Å²) >= 11 is 0. The zero-order valence-corrected chi connectivity index (χ0v) is 10.6. The minimum Gasteiger partial charge on any atom is -0.347 e. The maximum absolute atomic E-state index is 11.6. The van der Waals surface area contributed by atoms with Crippen molar-refractivity contribution in [2.45, 2.75) is 31.2 Å². The average molecular weight is 255 g/mol. The van der Waals surface area contributed by atoms with Crippen LogP contribution in [-0.2, 0) is 10.3 Å². The first-order valence-corrected chi connectivity index (χ1v) is 5.83. The lowest BCUT2D eigenvalue weighted by Gasteiger charge is -2.43. The Bertz CT molecular complexity index is 363. The summed E-state index contributed by atoms with van der Waals surface area (Å²) in [6, 6.07) is 10.2. The summed E-state index contributed by atoms with van der Waals surface area (Å²) in [6.45, 7) is 0.413. The lowest BCUT2D eigenvalue weighted by atomic mass is 9.71. The molecule has 1 aromatic rings. The highest BCUT2D eigenvalue weighted by atomic mass is 35.5. The molecule has 4 heteroatoms. The fraction of sp³-hybridized carbons (Fsp3) is 0.462. The van der Waals surface area contributed by atoms with E-state index in [1.54, 1.807) is 0 Å². The molecule has 3 nitrogen and oxygen atoms in total. The van der Waals surface area contributed by atoms with E-state index in [2.05, 4.69) is 17.4 Å². The molecule has 0 aromatic heterocycles. The fourth-order valence-corrected chi connectivity index (χ4v) is 2.23. The fourth-order valence-electron chi connectivity index (χ4n) is 2.23. The number of amides is 1. The van der Waals surface area contributed by atoms with E-state index < -0.39 is 0 Å². The molecule has 1 aliphatic rings. The largest absolute Gasteiger partial charge is 0.347 e. The van der Waals surface area contributed by atoms with Crippen LogP contribution in [0.15, 0.2) is 30.3 Å². The van der Waals surface area contributed by atoms with Crippen molar-refractivity contribution in [1.29, 1.82) is 0 Å². The Kier molecular flexibility index (Phi) is 4.97. The van der Waals surface area contributed by atoms with Gasteiger partial charge < -0.3 is 11.1 Å². The predicted molar refractivity (Wildman–Crippen MR) is 71.0 cm³/mol. The van der Waals surface area contributed by atoms with E-state index in [9.17, 15) is 4.79 Å². The molecular weight excluding hydrogens is 236 g/mol. The first kappa shape index (κ1) is 14.0. The third-order valence-electron chi connectivity index (χ3n) is 3.28. The standard InChI is InChI=1S/C13H18N2O.ClH/c14-10-7-12(16)15-13(8-4-9-13)11-5-2-1-3-6-11;/h1-3,5-6H,4,7-10,14H2,(H,15,16);1H. The Labute approximate surface area is 108 Å². The summed E-state index contributed by atoms with van der Waals surface area (Å²) in [6.07, 6.45) is 3.66. The van der Waals surface area contributed by atoms with Crippen molar-refractivity contribution in [3.63, 3.8) is 0 Å². The maximum Gasteiger partial charge on any atom is 0.221 e. The Morgan fingerprint density at radius 1 is 1.29 bits per heavy atom. The van der Waals surface area contributed by atoms with Crippen LogP contribution in [0.1, 0.15) is 31.2 Å². The van der Waals surface area contributed by atoms with Gasteiger partial charge in [0.15, 0.2) is 0 Å². The molecule has 0 spiro atoms. The molecule has 3 N–H and O–H groups in total. The van der Waals surface area contributed by atoms with Crippen LogP contribution in [-0.4, -0.2) is 12.5 Å². The van der Waals surface area contributed by atoms with Gasteiger partial charge >= 0.3 is 0 Å². The molecule has 1 fully saturated rings. The predicted octanol–water partition coefficient (Wildman–Crippen LogP) is 1.95. The summed E-state index contributed by atoms with van der Waals surface area (Å²) in [4.78, 5) is 11.6. The smallest absolute Gasteiger partial charge is 0.221 e. The van der Waals surface area contributed by atoms with Gasteiger partial charge in [-0.25, -0.2) is 0 Å². The second kappa shape index (κ2) is 6.03. The van der Waals surface area contributed by atoms with E-state index in [-0.39, 0.29) is 23.9 Å². The topological polar surface area (TPSA) is 55.1 Å². The van der Waals surface area contributed by atoms with Gasteiger partial charge in [-0.2, -0.15) is 0 Å². The van der Waals surface area contributed by atoms with Crippen LogP contribution < -0.4 is 11.1 Å².